The first-order chi connectivity index (χ1) is 5.86. The SMILES string of the molecule is OCC(CCl)Cc1ccccc1. The highest BCUT2D eigenvalue weighted by atomic mass is 35.5. The molecule has 1 aromatic carbocycles. The highest BCUT2D eigenvalue weighted by Gasteiger charge is 2.05. The van der Waals surface area contributed by atoms with E-state index in [0.29, 0.717) is 5.88 Å². The second-order valence-corrected chi connectivity index (χ2v) is 3.20. The topological polar surface area (TPSA) is 20.2 Å². The molecule has 0 aliphatic heterocycles. The molecule has 0 saturated heterocycles. The molecule has 1 N–H and O–H groups in total. The summed E-state index contributed by atoms with van der Waals surface area (Å²) in [5.41, 5.74) is 1.23. The van der Waals surface area contributed by atoms with Crippen molar-refractivity contribution in [1.82, 2.24) is 0 Å². The number of rotatable bonds is 4. The maximum Gasteiger partial charge on any atom is 0.0473 e. The van der Waals surface area contributed by atoms with E-state index in [2.05, 4.69) is 12.1 Å². The third-order valence-corrected chi connectivity index (χ3v) is 2.28. The molecule has 1 unspecified atom stereocenters. The van der Waals surface area contributed by atoms with Crippen molar-refractivity contribution in [3.8, 4) is 0 Å². The van der Waals surface area contributed by atoms with E-state index in [1.54, 1.807) is 0 Å². The molecular formula is C10H13ClO. The summed E-state index contributed by atoms with van der Waals surface area (Å²) in [7, 11) is 0. The lowest BCUT2D eigenvalue weighted by molar-refractivity contribution is 0.239. The normalized spacial score (nSPS) is 12.8. The minimum Gasteiger partial charge on any atom is -0.396 e. The predicted octanol–water partition coefficient (Wildman–Crippen LogP) is 2.08. The van der Waals surface area contributed by atoms with Crippen LogP contribution in [0.15, 0.2) is 30.3 Å². The van der Waals surface area contributed by atoms with Gasteiger partial charge in [0.2, 0.25) is 0 Å². The van der Waals surface area contributed by atoms with Gasteiger partial charge in [0.25, 0.3) is 0 Å². The molecule has 0 amide bonds. The van der Waals surface area contributed by atoms with E-state index in [-0.39, 0.29) is 12.5 Å². The molecule has 0 spiro atoms. The summed E-state index contributed by atoms with van der Waals surface area (Å²) in [6.45, 7) is 0.165. The fourth-order valence-electron chi connectivity index (χ4n) is 1.12. The van der Waals surface area contributed by atoms with Crippen LogP contribution in [0.4, 0.5) is 0 Å². The first-order valence-electron chi connectivity index (χ1n) is 4.07. The van der Waals surface area contributed by atoms with Crippen LogP contribution in [0.2, 0.25) is 0 Å². The van der Waals surface area contributed by atoms with E-state index in [1.807, 2.05) is 18.2 Å². The molecule has 0 bridgehead atoms. The molecule has 1 rings (SSSR count). The molecule has 1 aromatic rings. The molecule has 1 nitrogen and oxygen atoms in total. The van der Waals surface area contributed by atoms with Crippen molar-refractivity contribution in [2.45, 2.75) is 6.42 Å². The van der Waals surface area contributed by atoms with Crippen LogP contribution in [0.25, 0.3) is 0 Å². The Morgan fingerprint density at radius 1 is 1.25 bits per heavy atom. The second kappa shape index (κ2) is 5.18. The van der Waals surface area contributed by atoms with Crippen LogP contribution >= 0.6 is 11.6 Å². The van der Waals surface area contributed by atoms with Crippen molar-refractivity contribution < 1.29 is 5.11 Å². The van der Waals surface area contributed by atoms with E-state index in [0.717, 1.165) is 6.42 Å². The van der Waals surface area contributed by atoms with Crippen LogP contribution < -0.4 is 0 Å². The van der Waals surface area contributed by atoms with E-state index >= 15 is 0 Å². The molecule has 0 fully saturated rings. The van der Waals surface area contributed by atoms with Crippen LogP contribution in [0, 0.1) is 5.92 Å². The van der Waals surface area contributed by atoms with Gasteiger partial charge in [0.05, 0.1) is 0 Å². The van der Waals surface area contributed by atoms with Crippen molar-refractivity contribution in [3.05, 3.63) is 35.9 Å². The van der Waals surface area contributed by atoms with Gasteiger partial charge in [0.15, 0.2) is 0 Å². The standard InChI is InChI=1S/C10H13ClO/c11-7-10(8-12)6-9-4-2-1-3-5-9/h1-5,10,12H,6-8H2. The summed E-state index contributed by atoms with van der Waals surface area (Å²) in [4.78, 5) is 0. The van der Waals surface area contributed by atoms with Gasteiger partial charge in [-0.3, -0.25) is 0 Å². The largest absolute Gasteiger partial charge is 0.396 e. The maximum absolute atomic E-state index is 8.90. The number of hydrogen-bond acceptors (Lipinski definition) is 1. The average Bonchev–Trinajstić information content (AvgIpc) is 2.16. The molecule has 0 radical (unpaired) electrons. The van der Waals surface area contributed by atoms with E-state index in [4.69, 9.17) is 16.7 Å². The van der Waals surface area contributed by atoms with E-state index in [9.17, 15) is 0 Å². The van der Waals surface area contributed by atoms with E-state index in [1.165, 1.54) is 5.56 Å². The van der Waals surface area contributed by atoms with Gasteiger partial charge in [-0.25, -0.2) is 0 Å². The second-order valence-electron chi connectivity index (χ2n) is 2.89. The Bertz CT molecular complexity index is 206. The van der Waals surface area contributed by atoms with Gasteiger partial charge in [-0.15, -0.1) is 11.6 Å². The summed E-state index contributed by atoms with van der Waals surface area (Å²) in [5, 5.41) is 8.90. The third-order valence-electron chi connectivity index (χ3n) is 1.84. The van der Waals surface area contributed by atoms with Crippen molar-refractivity contribution in [2.24, 2.45) is 5.92 Å². The first kappa shape index (κ1) is 9.56. The molecule has 0 heterocycles. The molecule has 1 atom stereocenters. The van der Waals surface area contributed by atoms with Crippen molar-refractivity contribution in [1.29, 1.82) is 0 Å². The summed E-state index contributed by atoms with van der Waals surface area (Å²) in [6, 6.07) is 10.1. The maximum atomic E-state index is 8.90. The summed E-state index contributed by atoms with van der Waals surface area (Å²) in [5.74, 6) is 0.708. The van der Waals surface area contributed by atoms with Gasteiger partial charge in [-0.2, -0.15) is 0 Å². The number of alkyl halides is 1. The Morgan fingerprint density at radius 3 is 2.42 bits per heavy atom. The molecule has 0 aliphatic carbocycles. The first-order valence-corrected chi connectivity index (χ1v) is 4.61. The molecule has 66 valence electrons. The van der Waals surface area contributed by atoms with Gasteiger partial charge in [-0.1, -0.05) is 30.3 Å². The number of hydrogen-bond donors (Lipinski definition) is 1. The Labute approximate surface area is 78.0 Å². The lowest BCUT2D eigenvalue weighted by Crippen LogP contribution is -2.10. The van der Waals surface area contributed by atoms with Crippen molar-refractivity contribution in [3.63, 3.8) is 0 Å². The summed E-state index contributed by atoms with van der Waals surface area (Å²) >= 11 is 5.66. The van der Waals surface area contributed by atoms with E-state index < -0.39 is 0 Å². The van der Waals surface area contributed by atoms with Crippen LogP contribution in [0.3, 0.4) is 0 Å². The minimum absolute atomic E-state index is 0.165. The highest BCUT2D eigenvalue weighted by Crippen LogP contribution is 2.09. The van der Waals surface area contributed by atoms with Crippen molar-refractivity contribution >= 4 is 11.6 Å². The lowest BCUT2D eigenvalue weighted by atomic mass is 10.0. The average molecular weight is 185 g/mol. The fourth-order valence-corrected chi connectivity index (χ4v) is 1.32. The molecule has 0 aliphatic rings. The zero-order chi connectivity index (χ0) is 8.81. The van der Waals surface area contributed by atoms with Crippen LogP contribution in [-0.2, 0) is 6.42 Å². The fraction of sp³-hybridized carbons (Fsp3) is 0.400. The number of benzene rings is 1. The zero-order valence-corrected chi connectivity index (χ0v) is 7.67. The van der Waals surface area contributed by atoms with Gasteiger partial charge in [-0.05, 0) is 17.9 Å². The molecular weight excluding hydrogens is 172 g/mol. The lowest BCUT2D eigenvalue weighted by Gasteiger charge is -2.09. The van der Waals surface area contributed by atoms with Gasteiger partial charge in [0, 0.05) is 12.5 Å². The number of aliphatic hydroxyl groups is 1. The quantitative estimate of drug-likeness (QED) is 0.711. The van der Waals surface area contributed by atoms with Gasteiger partial charge in [0.1, 0.15) is 0 Å². The van der Waals surface area contributed by atoms with Gasteiger partial charge >= 0.3 is 0 Å². The van der Waals surface area contributed by atoms with Gasteiger partial charge < -0.3 is 5.11 Å². The van der Waals surface area contributed by atoms with Crippen LogP contribution in [0.5, 0.6) is 0 Å². The minimum atomic E-state index is 0.165. The van der Waals surface area contributed by atoms with Crippen molar-refractivity contribution in [2.75, 3.05) is 12.5 Å². The predicted molar refractivity (Wildman–Crippen MR) is 51.4 cm³/mol. The Kier molecular flexibility index (Phi) is 4.12. The zero-order valence-electron chi connectivity index (χ0n) is 6.91. The Morgan fingerprint density at radius 2 is 1.92 bits per heavy atom. The van der Waals surface area contributed by atoms with Crippen LogP contribution in [-0.4, -0.2) is 17.6 Å². The molecule has 2 heteroatoms. The monoisotopic (exact) mass is 184 g/mol. The highest BCUT2D eigenvalue weighted by molar-refractivity contribution is 6.18. The molecule has 0 aromatic heterocycles. The Hall–Kier alpha value is -0.530. The summed E-state index contributed by atoms with van der Waals surface area (Å²) < 4.78 is 0. The number of halogens is 1. The summed E-state index contributed by atoms with van der Waals surface area (Å²) in [6.07, 6.45) is 0.862. The smallest absolute Gasteiger partial charge is 0.0473 e. The number of aliphatic hydroxyl groups excluding tert-OH is 1. The molecule has 0 saturated carbocycles. The molecule has 12 heavy (non-hydrogen) atoms. The van der Waals surface area contributed by atoms with Crippen LogP contribution in [0.1, 0.15) is 5.56 Å². The Balaban J connectivity index is 2.51. The third kappa shape index (κ3) is 2.84.